The van der Waals surface area contributed by atoms with Crippen LogP contribution in [0.5, 0.6) is 11.5 Å². The summed E-state index contributed by atoms with van der Waals surface area (Å²) in [5.74, 6) is 1.11. The Bertz CT molecular complexity index is 717. The van der Waals surface area contributed by atoms with Crippen molar-refractivity contribution >= 4 is 28.9 Å². The number of nitrogens with one attached hydrogen (secondary N) is 2. The number of benzene rings is 2. The Morgan fingerprint density at radius 1 is 1.12 bits per heavy atom. The van der Waals surface area contributed by atoms with E-state index in [0.29, 0.717) is 23.7 Å². The molecule has 0 atom stereocenters. The second-order valence-corrected chi connectivity index (χ2v) is 5.74. The van der Waals surface area contributed by atoms with E-state index >= 15 is 0 Å². The third-order valence-electron chi connectivity index (χ3n) is 3.47. The average molecular weight is 358 g/mol. The van der Waals surface area contributed by atoms with Gasteiger partial charge in [0.05, 0.1) is 19.4 Å². The molecule has 0 saturated heterocycles. The zero-order valence-corrected chi connectivity index (χ0v) is 15.2. The smallest absolute Gasteiger partial charge is 0.257 e. The fourth-order valence-corrected chi connectivity index (χ4v) is 2.30. The van der Waals surface area contributed by atoms with Crippen LogP contribution in [-0.4, -0.2) is 24.7 Å². The highest BCUT2D eigenvalue weighted by molar-refractivity contribution is 7.80. The van der Waals surface area contributed by atoms with E-state index in [1.165, 1.54) is 0 Å². The Hall–Kier alpha value is -2.60. The fraction of sp³-hybridized carbons (Fsp3) is 0.263. The van der Waals surface area contributed by atoms with Crippen molar-refractivity contribution in [2.24, 2.45) is 0 Å². The molecule has 0 aromatic heterocycles. The van der Waals surface area contributed by atoms with Crippen LogP contribution in [0.4, 0.5) is 5.69 Å². The van der Waals surface area contributed by atoms with Crippen molar-refractivity contribution in [3.8, 4) is 11.5 Å². The lowest BCUT2D eigenvalue weighted by Crippen LogP contribution is -2.34. The van der Waals surface area contributed by atoms with E-state index in [0.717, 1.165) is 18.5 Å². The number of carbonyl (C=O) groups excluding carboxylic acids is 1. The number of hydrogen-bond donors (Lipinski definition) is 2. The summed E-state index contributed by atoms with van der Waals surface area (Å²) in [6.45, 7) is 2.75. The first kappa shape index (κ1) is 18.7. The third kappa shape index (κ3) is 5.76. The molecule has 2 rings (SSSR count). The van der Waals surface area contributed by atoms with Crippen molar-refractivity contribution in [1.82, 2.24) is 5.32 Å². The highest BCUT2D eigenvalue weighted by atomic mass is 32.1. The van der Waals surface area contributed by atoms with Crippen molar-refractivity contribution in [1.29, 1.82) is 0 Å². The van der Waals surface area contributed by atoms with Gasteiger partial charge in [-0.25, -0.2) is 0 Å². The summed E-state index contributed by atoms with van der Waals surface area (Å²) in [6.07, 6.45) is 2.04. The molecule has 132 valence electrons. The van der Waals surface area contributed by atoms with Gasteiger partial charge in [-0.2, -0.15) is 0 Å². The second kappa shape index (κ2) is 9.64. The molecule has 0 radical (unpaired) electrons. The molecule has 0 fully saturated rings. The van der Waals surface area contributed by atoms with Gasteiger partial charge in [0.2, 0.25) is 0 Å². The van der Waals surface area contributed by atoms with Gasteiger partial charge in [0.1, 0.15) is 11.5 Å². The van der Waals surface area contributed by atoms with Crippen LogP contribution in [0, 0.1) is 0 Å². The first-order valence-corrected chi connectivity index (χ1v) is 8.53. The van der Waals surface area contributed by atoms with Crippen LogP contribution in [0.1, 0.15) is 30.1 Å². The lowest BCUT2D eigenvalue weighted by atomic mass is 10.2. The molecule has 0 unspecified atom stereocenters. The molecule has 0 bridgehead atoms. The lowest BCUT2D eigenvalue weighted by Gasteiger charge is -2.14. The quantitative estimate of drug-likeness (QED) is 0.579. The Labute approximate surface area is 153 Å². The summed E-state index contributed by atoms with van der Waals surface area (Å²) in [6, 6.07) is 14.3. The molecule has 1 amide bonds. The predicted molar refractivity (Wildman–Crippen MR) is 104 cm³/mol. The standard InChI is InChI=1S/C19H22N2O3S/c1-3-4-13-24-17-8-6-5-7-16(17)20-19(25)21-18(22)14-9-11-15(23-2)12-10-14/h5-12H,3-4,13H2,1-2H3,(H2,20,21,22,25). The van der Waals surface area contributed by atoms with E-state index < -0.39 is 0 Å². The summed E-state index contributed by atoms with van der Waals surface area (Å²) in [5, 5.41) is 5.89. The second-order valence-electron chi connectivity index (χ2n) is 5.33. The van der Waals surface area contributed by atoms with Crippen LogP contribution in [0.25, 0.3) is 0 Å². The van der Waals surface area contributed by atoms with Crippen LogP contribution in [0.15, 0.2) is 48.5 Å². The van der Waals surface area contributed by atoms with Crippen molar-refractivity contribution in [3.63, 3.8) is 0 Å². The number of para-hydroxylation sites is 2. The van der Waals surface area contributed by atoms with Crippen LogP contribution < -0.4 is 20.1 Å². The maximum absolute atomic E-state index is 12.2. The number of hydrogen-bond acceptors (Lipinski definition) is 4. The number of methoxy groups -OCH3 is 1. The largest absolute Gasteiger partial charge is 0.497 e. The van der Waals surface area contributed by atoms with Gasteiger partial charge in [-0.1, -0.05) is 25.5 Å². The molecule has 0 aliphatic carbocycles. The van der Waals surface area contributed by atoms with E-state index in [-0.39, 0.29) is 11.0 Å². The number of unbranched alkanes of at least 4 members (excludes halogenated alkanes) is 1. The van der Waals surface area contributed by atoms with E-state index in [4.69, 9.17) is 21.7 Å². The fourth-order valence-electron chi connectivity index (χ4n) is 2.09. The molecule has 0 aliphatic heterocycles. The minimum Gasteiger partial charge on any atom is -0.497 e. The number of amides is 1. The SMILES string of the molecule is CCCCOc1ccccc1NC(=S)NC(=O)c1ccc(OC)cc1. The maximum Gasteiger partial charge on any atom is 0.257 e. The van der Waals surface area contributed by atoms with E-state index in [1.54, 1.807) is 31.4 Å². The van der Waals surface area contributed by atoms with Gasteiger partial charge in [0.25, 0.3) is 5.91 Å². The van der Waals surface area contributed by atoms with Gasteiger partial charge in [0.15, 0.2) is 5.11 Å². The molecule has 2 N–H and O–H groups in total. The van der Waals surface area contributed by atoms with Crippen LogP contribution in [-0.2, 0) is 0 Å². The Kier molecular flexibility index (Phi) is 7.22. The highest BCUT2D eigenvalue weighted by Gasteiger charge is 2.10. The molecule has 0 aliphatic rings. The van der Waals surface area contributed by atoms with E-state index in [2.05, 4.69) is 17.6 Å². The monoisotopic (exact) mass is 358 g/mol. The number of rotatable bonds is 7. The van der Waals surface area contributed by atoms with E-state index in [9.17, 15) is 4.79 Å². The summed E-state index contributed by atoms with van der Waals surface area (Å²) in [4.78, 5) is 12.2. The highest BCUT2D eigenvalue weighted by Crippen LogP contribution is 2.24. The normalized spacial score (nSPS) is 10.0. The third-order valence-corrected chi connectivity index (χ3v) is 3.67. The molecule has 6 heteroatoms. The molecule has 2 aromatic rings. The molecular weight excluding hydrogens is 336 g/mol. The number of carbonyl (C=O) groups is 1. The summed E-state index contributed by atoms with van der Waals surface area (Å²) in [7, 11) is 1.58. The van der Waals surface area contributed by atoms with Crippen molar-refractivity contribution in [2.45, 2.75) is 19.8 Å². The minimum absolute atomic E-state index is 0.215. The summed E-state index contributed by atoms with van der Waals surface area (Å²) >= 11 is 5.23. The number of anilines is 1. The van der Waals surface area contributed by atoms with Gasteiger partial charge < -0.3 is 14.8 Å². The molecule has 0 spiro atoms. The van der Waals surface area contributed by atoms with Crippen LogP contribution in [0.2, 0.25) is 0 Å². The van der Waals surface area contributed by atoms with Crippen LogP contribution >= 0.6 is 12.2 Å². The number of thiocarbonyl (C=S) groups is 1. The Morgan fingerprint density at radius 2 is 1.84 bits per heavy atom. The van der Waals surface area contributed by atoms with Crippen LogP contribution in [0.3, 0.4) is 0 Å². The van der Waals surface area contributed by atoms with Gasteiger partial charge in [-0.05, 0) is 55.0 Å². The number of ether oxygens (including phenoxy) is 2. The van der Waals surface area contributed by atoms with Crippen molar-refractivity contribution in [2.75, 3.05) is 19.0 Å². The molecule has 0 saturated carbocycles. The topological polar surface area (TPSA) is 59.6 Å². The van der Waals surface area contributed by atoms with Gasteiger partial charge in [-0.3, -0.25) is 10.1 Å². The first-order chi connectivity index (χ1) is 12.1. The maximum atomic E-state index is 12.2. The zero-order chi connectivity index (χ0) is 18.1. The van der Waals surface area contributed by atoms with Gasteiger partial charge in [0, 0.05) is 5.56 Å². The Morgan fingerprint density at radius 3 is 2.52 bits per heavy atom. The van der Waals surface area contributed by atoms with Gasteiger partial charge >= 0.3 is 0 Å². The Balaban J connectivity index is 1.96. The molecule has 0 heterocycles. The predicted octanol–water partition coefficient (Wildman–Crippen LogP) is 4.00. The lowest BCUT2D eigenvalue weighted by molar-refractivity contribution is 0.0977. The first-order valence-electron chi connectivity index (χ1n) is 8.12. The zero-order valence-electron chi connectivity index (χ0n) is 14.4. The molecule has 25 heavy (non-hydrogen) atoms. The molecule has 2 aromatic carbocycles. The minimum atomic E-state index is -0.287. The molecule has 5 nitrogen and oxygen atoms in total. The summed E-state index contributed by atoms with van der Waals surface area (Å²) in [5.41, 5.74) is 1.22. The average Bonchev–Trinajstić information content (AvgIpc) is 2.63. The van der Waals surface area contributed by atoms with Crippen molar-refractivity contribution < 1.29 is 14.3 Å². The van der Waals surface area contributed by atoms with Gasteiger partial charge in [-0.15, -0.1) is 0 Å². The van der Waals surface area contributed by atoms with E-state index in [1.807, 2.05) is 24.3 Å². The van der Waals surface area contributed by atoms with Crippen molar-refractivity contribution in [3.05, 3.63) is 54.1 Å². The molecular formula is C19H22N2O3S. The summed E-state index contributed by atoms with van der Waals surface area (Å²) < 4.78 is 10.8.